The van der Waals surface area contributed by atoms with Crippen molar-refractivity contribution >= 4 is 11.9 Å². The minimum atomic E-state index is -2.21. The molecule has 1 aliphatic carbocycles. The van der Waals surface area contributed by atoms with Gasteiger partial charge in [-0.3, -0.25) is 9.59 Å². The van der Waals surface area contributed by atoms with Gasteiger partial charge in [-0.05, 0) is 56.9 Å². The summed E-state index contributed by atoms with van der Waals surface area (Å²) in [5.74, 6) is -0.970. The van der Waals surface area contributed by atoms with E-state index in [9.17, 15) is 9.59 Å². The summed E-state index contributed by atoms with van der Waals surface area (Å²) in [5.41, 5.74) is 0. The molecule has 0 radical (unpaired) electrons. The van der Waals surface area contributed by atoms with E-state index in [1.165, 1.54) is 0 Å². The maximum atomic E-state index is 12.6. The fraction of sp³-hybridized carbons (Fsp3) is 0.833. The Balaban J connectivity index is 1.60. The second-order valence-corrected chi connectivity index (χ2v) is 7.00. The van der Waals surface area contributed by atoms with E-state index in [1.807, 2.05) is 0 Å². The molecule has 27 heavy (non-hydrogen) atoms. The lowest BCUT2D eigenvalue weighted by molar-refractivity contribution is -0.151. The van der Waals surface area contributed by atoms with E-state index >= 15 is 0 Å². The summed E-state index contributed by atoms with van der Waals surface area (Å²) >= 11 is 0. The molecule has 1 aromatic rings. The molecule has 2 heterocycles. The van der Waals surface area contributed by atoms with Gasteiger partial charge in [0.05, 0.1) is 14.4 Å². The zero-order valence-electron chi connectivity index (χ0n) is 18.6. The first-order chi connectivity index (χ1) is 14.3. The van der Waals surface area contributed by atoms with Crippen LogP contribution in [0.1, 0.15) is 55.3 Å². The van der Waals surface area contributed by atoms with Gasteiger partial charge in [-0.25, -0.2) is 0 Å². The van der Waals surface area contributed by atoms with Crippen LogP contribution in [0.25, 0.3) is 0 Å². The van der Waals surface area contributed by atoms with Crippen LogP contribution in [0.3, 0.4) is 0 Å². The van der Waals surface area contributed by atoms with E-state index in [0.717, 1.165) is 19.3 Å². The third-order valence-electron chi connectivity index (χ3n) is 5.19. The summed E-state index contributed by atoms with van der Waals surface area (Å²) in [7, 11) is 0. The molecule has 9 heteroatoms. The summed E-state index contributed by atoms with van der Waals surface area (Å²) in [4.78, 5) is 24.0. The highest BCUT2D eigenvalue weighted by Gasteiger charge is 2.38. The van der Waals surface area contributed by atoms with Crippen molar-refractivity contribution in [2.75, 3.05) is 19.8 Å². The number of aryl methyl sites for hydroxylation is 1. The van der Waals surface area contributed by atoms with Crippen LogP contribution >= 0.6 is 0 Å². The zero-order valence-corrected chi connectivity index (χ0v) is 15.6. The van der Waals surface area contributed by atoms with Gasteiger partial charge < -0.3 is 14.8 Å². The number of H-pyrrole nitrogens is 1. The Morgan fingerprint density at radius 1 is 1.33 bits per heavy atom. The number of hydrogen-bond acceptors (Lipinski definition) is 8. The number of nitrogens with one attached hydrogen (secondary N) is 2. The smallest absolute Gasteiger partial charge is 0.323 e. The monoisotopic (exact) mass is 382 g/mol. The van der Waals surface area contributed by atoms with Gasteiger partial charge >= 0.3 is 11.9 Å². The van der Waals surface area contributed by atoms with Crippen LogP contribution in [0, 0.1) is 17.8 Å². The molecule has 2 fully saturated rings. The molecule has 0 spiro atoms. The van der Waals surface area contributed by atoms with Crippen LogP contribution in [-0.4, -0.2) is 58.3 Å². The number of esters is 2. The van der Waals surface area contributed by atoms with Crippen molar-refractivity contribution < 1.29 is 23.2 Å². The molecule has 1 saturated heterocycles. The van der Waals surface area contributed by atoms with Crippen molar-refractivity contribution in [3.05, 3.63) is 5.82 Å². The maximum absolute atomic E-state index is 12.6. The molecule has 3 rings (SSSR count). The Labute approximate surface area is 163 Å². The number of aromatic amines is 1. The van der Waals surface area contributed by atoms with Crippen molar-refractivity contribution in [3.8, 4) is 0 Å². The maximum Gasteiger partial charge on any atom is 0.323 e. The number of hydrogen-bond donors (Lipinski definition) is 2. The molecule has 0 aromatic carbocycles. The van der Waals surface area contributed by atoms with Gasteiger partial charge in [0, 0.05) is 9.16 Å². The van der Waals surface area contributed by atoms with Crippen molar-refractivity contribution in [2.45, 2.75) is 57.8 Å². The number of piperidine rings is 1. The van der Waals surface area contributed by atoms with E-state index in [1.54, 1.807) is 6.92 Å². The Hall–Kier alpha value is -2.03. The first-order valence-corrected chi connectivity index (χ1v) is 9.58. The fourth-order valence-corrected chi connectivity index (χ4v) is 3.76. The van der Waals surface area contributed by atoms with E-state index < -0.39 is 30.2 Å². The highest BCUT2D eigenvalue weighted by atomic mass is 16.5. The lowest BCUT2D eigenvalue weighted by Crippen LogP contribution is -2.50. The van der Waals surface area contributed by atoms with Crippen molar-refractivity contribution in [1.29, 1.82) is 0 Å². The molecule has 0 unspecified atom stereocenters. The van der Waals surface area contributed by atoms with E-state index in [0.29, 0.717) is 25.2 Å². The fourth-order valence-electron chi connectivity index (χ4n) is 3.76. The van der Waals surface area contributed by atoms with E-state index in [4.69, 9.17) is 13.6 Å². The largest absolute Gasteiger partial charge is 0.466 e. The Morgan fingerprint density at radius 3 is 3.00 bits per heavy atom. The molecule has 1 aromatic heterocycles. The van der Waals surface area contributed by atoms with Gasteiger partial charge in [-0.2, -0.15) is 5.21 Å². The molecular weight excluding hydrogens is 350 g/mol. The molecule has 1 saturated carbocycles. The van der Waals surface area contributed by atoms with Crippen molar-refractivity contribution in [1.82, 2.24) is 25.9 Å². The lowest BCUT2D eigenvalue weighted by Gasteiger charge is -2.42. The number of fused-ring (bicyclic) bond motifs is 1. The van der Waals surface area contributed by atoms with Crippen LogP contribution in [0.15, 0.2) is 0 Å². The third kappa shape index (κ3) is 5.72. The van der Waals surface area contributed by atoms with Crippen LogP contribution in [-0.2, 0) is 25.5 Å². The number of ether oxygens (including phenoxy) is 2. The number of rotatable bonds is 8. The molecule has 9 nitrogen and oxygen atoms in total. The predicted molar refractivity (Wildman–Crippen MR) is 95.4 cm³/mol. The number of tetrazole rings is 1. The van der Waals surface area contributed by atoms with Gasteiger partial charge in [0.15, 0.2) is 5.82 Å². The van der Waals surface area contributed by atoms with Gasteiger partial charge in [-0.1, -0.05) is 11.6 Å². The molecular formula is C18H29N5O4. The second kappa shape index (κ2) is 9.77. The van der Waals surface area contributed by atoms with Crippen LogP contribution < -0.4 is 5.32 Å². The first kappa shape index (κ1) is 16.0. The van der Waals surface area contributed by atoms with Crippen LogP contribution in [0.5, 0.6) is 0 Å². The minimum absolute atomic E-state index is 0.0623. The number of carbonyl (C=O) groups is 2. The van der Waals surface area contributed by atoms with Gasteiger partial charge in [0.1, 0.15) is 12.6 Å². The molecule has 0 amide bonds. The van der Waals surface area contributed by atoms with Gasteiger partial charge in [0.2, 0.25) is 0 Å². The first-order valence-electron chi connectivity index (χ1n) is 11.1. The minimum Gasteiger partial charge on any atom is -0.466 e. The molecule has 2 N–H and O–H groups in total. The third-order valence-corrected chi connectivity index (χ3v) is 5.19. The zero-order chi connectivity index (χ0) is 21.8. The molecule has 0 bridgehead atoms. The van der Waals surface area contributed by atoms with Gasteiger partial charge in [0.25, 0.3) is 0 Å². The summed E-state index contributed by atoms with van der Waals surface area (Å²) in [5, 5.41) is 16.7. The normalized spacial score (nSPS) is 33.8. The average molecular weight is 382 g/mol. The SMILES string of the molecule is [2H]C1([2H])[C@H]2C[C@@H](CCc3nn[nH]n3)CC[C@H]2CN[C@]1([2H])C(=O)OCCC(=O)OCC. The van der Waals surface area contributed by atoms with E-state index in [-0.39, 0.29) is 31.5 Å². The summed E-state index contributed by atoms with van der Waals surface area (Å²) in [6.45, 7) is 2.06. The lowest BCUT2D eigenvalue weighted by atomic mass is 9.69. The highest BCUT2D eigenvalue weighted by Crippen LogP contribution is 2.40. The molecule has 4 atom stereocenters. The van der Waals surface area contributed by atoms with E-state index in [2.05, 4.69) is 25.9 Å². The van der Waals surface area contributed by atoms with Crippen molar-refractivity contribution in [2.24, 2.45) is 17.8 Å². The number of nitrogens with zero attached hydrogens (tertiary/aromatic N) is 3. The Kier molecular flexibility index (Phi) is 5.78. The van der Waals surface area contributed by atoms with Crippen LogP contribution in [0.4, 0.5) is 0 Å². The predicted octanol–water partition coefficient (Wildman–Crippen LogP) is 1.02. The summed E-state index contributed by atoms with van der Waals surface area (Å²) in [6.07, 6.45) is 1.62. The number of aromatic nitrogens is 4. The topological polar surface area (TPSA) is 119 Å². The highest BCUT2D eigenvalue weighted by molar-refractivity contribution is 5.76. The van der Waals surface area contributed by atoms with Gasteiger partial charge in [-0.15, -0.1) is 10.2 Å². The molecule has 2 aliphatic rings. The average Bonchev–Trinajstić information content (AvgIpc) is 3.23. The summed E-state index contributed by atoms with van der Waals surface area (Å²) < 4.78 is 35.8. The standard InChI is InChI=1S/C18H29N5O4/c1-2-26-17(24)7-8-27-18(25)15-10-14-9-12(3-5-13(14)11-19-15)4-6-16-20-22-23-21-16/h12-15,19H,2-11H2,1H3,(H,20,21,22,23)/t12-,13+,14-,15+/m1/s1/i10D2,15D. The quantitative estimate of drug-likeness (QED) is 0.640. The van der Waals surface area contributed by atoms with Crippen LogP contribution in [0.2, 0.25) is 0 Å². The second-order valence-electron chi connectivity index (χ2n) is 7.00. The summed E-state index contributed by atoms with van der Waals surface area (Å²) in [6, 6.07) is -2.21. The van der Waals surface area contributed by atoms with Crippen molar-refractivity contribution in [3.63, 3.8) is 0 Å². The molecule has 1 aliphatic heterocycles. The Morgan fingerprint density at radius 2 is 2.22 bits per heavy atom. The Bertz CT molecular complexity index is 735. The molecule has 150 valence electrons. The number of carbonyl (C=O) groups excluding carboxylic acids is 2.